The summed E-state index contributed by atoms with van der Waals surface area (Å²) in [5, 5.41) is 3.20. The molecule has 1 amide bonds. The van der Waals surface area contributed by atoms with Crippen LogP contribution >= 0.6 is 35.6 Å². The summed E-state index contributed by atoms with van der Waals surface area (Å²) in [6.45, 7) is 0.455. The van der Waals surface area contributed by atoms with Crippen LogP contribution in [0.1, 0.15) is 15.2 Å². The molecule has 0 aliphatic carbocycles. The minimum absolute atomic E-state index is 0.209. The van der Waals surface area contributed by atoms with Gasteiger partial charge in [0.25, 0.3) is 5.91 Å². The third kappa shape index (κ3) is 3.21. The lowest BCUT2D eigenvalue weighted by molar-refractivity contribution is 0.0951. The van der Waals surface area contributed by atoms with Crippen LogP contribution in [0.3, 0.4) is 0 Å². The van der Waals surface area contributed by atoms with Crippen LogP contribution in [0, 0.1) is 0 Å². The first-order valence-corrected chi connectivity index (χ1v) is 6.51. The van der Waals surface area contributed by atoms with Gasteiger partial charge in [0.05, 0.1) is 22.6 Å². The lowest BCUT2D eigenvalue weighted by Gasteiger charge is -2.06. The van der Waals surface area contributed by atoms with Crippen molar-refractivity contribution in [2.24, 2.45) is 0 Å². The number of hydrogen-bond acceptors (Lipinski definition) is 4. The van der Waals surface area contributed by atoms with E-state index in [0.29, 0.717) is 22.0 Å². The molecule has 0 spiro atoms. The second-order valence-electron chi connectivity index (χ2n) is 3.31. The standard InChI is InChI=1S/C11H9ClN2OS2/c12-10-2-1-7(16)3-9(10)11(15)14-5-8-4-13-6-17-8/h1-4,6,16H,5H2,(H,14,15). The number of benzene rings is 1. The Balaban J connectivity index is 2.07. The zero-order valence-corrected chi connectivity index (χ0v) is 11.1. The van der Waals surface area contributed by atoms with Gasteiger partial charge >= 0.3 is 0 Å². The minimum Gasteiger partial charge on any atom is -0.347 e. The van der Waals surface area contributed by atoms with Gasteiger partial charge < -0.3 is 5.32 Å². The van der Waals surface area contributed by atoms with Crippen molar-refractivity contribution in [2.45, 2.75) is 11.4 Å². The molecule has 0 saturated heterocycles. The number of rotatable bonds is 3. The molecule has 0 radical (unpaired) electrons. The molecule has 0 atom stereocenters. The van der Waals surface area contributed by atoms with Crippen LogP contribution in [0.25, 0.3) is 0 Å². The van der Waals surface area contributed by atoms with Gasteiger partial charge in [0, 0.05) is 16.0 Å². The van der Waals surface area contributed by atoms with Crippen LogP contribution < -0.4 is 5.32 Å². The highest BCUT2D eigenvalue weighted by atomic mass is 35.5. The van der Waals surface area contributed by atoms with Crippen molar-refractivity contribution in [3.63, 3.8) is 0 Å². The number of aromatic nitrogens is 1. The number of nitrogens with one attached hydrogen (secondary N) is 1. The van der Waals surface area contributed by atoms with Crippen LogP contribution in [-0.2, 0) is 6.54 Å². The summed E-state index contributed by atoms with van der Waals surface area (Å²) in [6.07, 6.45) is 1.72. The molecule has 1 N–H and O–H groups in total. The Labute approximate surface area is 113 Å². The lowest BCUT2D eigenvalue weighted by atomic mass is 10.2. The van der Waals surface area contributed by atoms with E-state index >= 15 is 0 Å². The SMILES string of the molecule is O=C(NCc1cncs1)c1cc(S)ccc1Cl. The van der Waals surface area contributed by atoms with Crippen LogP contribution in [0.4, 0.5) is 0 Å². The van der Waals surface area contributed by atoms with Crippen molar-refractivity contribution < 1.29 is 4.79 Å². The van der Waals surface area contributed by atoms with E-state index in [2.05, 4.69) is 22.9 Å². The maximum atomic E-state index is 11.9. The summed E-state index contributed by atoms with van der Waals surface area (Å²) >= 11 is 11.6. The molecule has 2 rings (SSSR count). The molecule has 0 saturated carbocycles. The molecule has 1 heterocycles. The second-order valence-corrected chi connectivity index (χ2v) is 5.21. The number of carbonyl (C=O) groups is 1. The van der Waals surface area contributed by atoms with E-state index < -0.39 is 0 Å². The van der Waals surface area contributed by atoms with Crippen molar-refractivity contribution in [3.05, 3.63) is 45.4 Å². The molecule has 1 aromatic heterocycles. The summed E-state index contributed by atoms with van der Waals surface area (Å²) in [6, 6.07) is 5.05. The first-order valence-electron chi connectivity index (χ1n) is 4.81. The average Bonchev–Trinajstić information content (AvgIpc) is 2.82. The molecule has 1 aromatic carbocycles. The summed E-state index contributed by atoms with van der Waals surface area (Å²) in [7, 11) is 0. The Kier molecular flexibility index (Phi) is 4.04. The fourth-order valence-corrected chi connectivity index (χ4v) is 2.22. The average molecular weight is 285 g/mol. The lowest BCUT2D eigenvalue weighted by Crippen LogP contribution is -2.22. The third-order valence-corrected chi connectivity index (χ3v) is 3.49. The smallest absolute Gasteiger partial charge is 0.253 e. The van der Waals surface area contributed by atoms with Crippen LogP contribution in [0.2, 0.25) is 5.02 Å². The molecule has 2 aromatic rings. The van der Waals surface area contributed by atoms with Gasteiger partial charge in [0.1, 0.15) is 0 Å². The topological polar surface area (TPSA) is 42.0 Å². The van der Waals surface area contributed by atoms with Gasteiger partial charge in [-0.15, -0.1) is 24.0 Å². The fourth-order valence-electron chi connectivity index (χ4n) is 1.28. The zero-order chi connectivity index (χ0) is 12.3. The molecule has 88 valence electrons. The largest absolute Gasteiger partial charge is 0.347 e. The van der Waals surface area contributed by atoms with E-state index in [0.717, 1.165) is 4.88 Å². The van der Waals surface area contributed by atoms with Crippen molar-refractivity contribution in [3.8, 4) is 0 Å². The summed E-state index contributed by atoms with van der Waals surface area (Å²) in [4.78, 5) is 17.5. The monoisotopic (exact) mass is 284 g/mol. The number of nitrogens with zero attached hydrogens (tertiary/aromatic N) is 1. The molecular formula is C11H9ClN2OS2. The maximum absolute atomic E-state index is 11.9. The van der Waals surface area contributed by atoms with Gasteiger partial charge in [-0.1, -0.05) is 11.6 Å². The molecule has 17 heavy (non-hydrogen) atoms. The number of thiazole rings is 1. The predicted octanol–water partition coefficient (Wildman–Crippen LogP) is 3.02. The predicted molar refractivity (Wildman–Crippen MR) is 72.0 cm³/mol. The van der Waals surface area contributed by atoms with Crippen molar-refractivity contribution in [1.29, 1.82) is 0 Å². The molecule has 6 heteroatoms. The van der Waals surface area contributed by atoms with Crippen LogP contribution in [0.5, 0.6) is 0 Å². The van der Waals surface area contributed by atoms with Gasteiger partial charge in [-0.05, 0) is 18.2 Å². The highest BCUT2D eigenvalue weighted by Crippen LogP contribution is 2.19. The summed E-state index contributed by atoms with van der Waals surface area (Å²) in [5.74, 6) is -0.209. The summed E-state index contributed by atoms with van der Waals surface area (Å²) < 4.78 is 0. The highest BCUT2D eigenvalue weighted by molar-refractivity contribution is 7.80. The Morgan fingerprint density at radius 3 is 3.06 bits per heavy atom. The maximum Gasteiger partial charge on any atom is 0.253 e. The normalized spacial score (nSPS) is 10.2. The Morgan fingerprint density at radius 1 is 1.53 bits per heavy atom. The minimum atomic E-state index is -0.209. The Bertz CT molecular complexity index is 528. The van der Waals surface area contributed by atoms with E-state index in [9.17, 15) is 4.79 Å². The van der Waals surface area contributed by atoms with E-state index in [1.54, 1.807) is 29.9 Å². The molecule has 3 nitrogen and oxygen atoms in total. The molecule has 0 bridgehead atoms. The first-order chi connectivity index (χ1) is 8.16. The third-order valence-electron chi connectivity index (χ3n) is 2.10. The van der Waals surface area contributed by atoms with Crippen molar-refractivity contribution in [1.82, 2.24) is 10.3 Å². The second kappa shape index (κ2) is 5.53. The van der Waals surface area contributed by atoms with Gasteiger partial charge in [-0.2, -0.15) is 0 Å². The number of halogens is 1. The molecule has 0 unspecified atom stereocenters. The highest BCUT2D eigenvalue weighted by Gasteiger charge is 2.10. The van der Waals surface area contributed by atoms with Gasteiger partial charge in [-0.25, -0.2) is 0 Å². The Hall–Kier alpha value is -1.04. The van der Waals surface area contributed by atoms with Gasteiger partial charge in [-0.3, -0.25) is 9.78 Å². The Morgan fingerprint density at radius 2 is 2.35 bits per heavy atom. The molecule has 0 aliphatic heterocycles. The van der Waals surface area contributed by atoms with E-state index in [1.165, 1.54) is 11.3 Å². The fraction of sp³-hybridized carbons (Fsp3) is 0.0909. The van der Waals surface area contributed by atoms with Gasteiger partial charge in [0.2, 0.25) is 0 Å². The van der Waals surface area contributed by atoms with Crippen LogP contribution in [0.15, 0.2) is 34.8 Å². The van der Waals surface area contributed by atoms with E-state index in [-0.39, 0.29) is 5.91 Å². The number of thiol groups is 1. The van der Waals surface area contributed by atoms with Crippen molar-refractivity contribution >= 4 is 41.5 Å². The van der Waals surface area contributed by atoms with Crippen molar-refractivity contribution in [2.75, 3.05) is 0 Å². The first kappa shape index (κ1) is 12.4. The van der Waals surface area contributed by atoms with Crippen LogP contribution in [-0.4, -0.2) is 10.9 Å². The van der Waals surface area contributed by atoms with E-state index in [1.807, 2.05) is 0 Å². The van der Waals surface area contributed by atoms with Gasteiger partial charge in [0.15, 0.2) is 0 Å². The number of amides is 1. The number of carbonyl (C=O) groups excluding carboxylic acids is 1. The molecule has 0 aliphatic rings. The molecule has 0 fully saturated rings. The zero-order valence-electron chi connectivity index (χ0n) is 8.68. The van der Waals surface area contributed by atoms with E-state index in [4.69, 9.17) is 11.6 Å². The molecular weight excluding hydrogens is 276 g/mol. The number of hydrogen-bond donors (Lipinski definition) is 2. The summed E-state index contributed by atoms with van der Waals surface area (Å²) in [5.41, 5.74) is 2.16. The quantitative estimate of drug-likeness (QED) is 0.851.